The first-order valence-corrected chi connectivity index (χ1v) is 10.6. The van der Waals surface area contributed by atoms with Crippen molar-refractivity contribution in [2.45, 2.75) is 76.7 Å². The summed E-state index contributed by atoms with van der Waals surface area (Å²) in [7, 11) is 0. The highest BCUT2D eigenvalue weighted by molar-refractivity contribution is 5.31. The summed E-state index contributed by atoms with van der Waals surface area (Å²) >= 11 is 0. The van der Waals surface area contributed by atoms with Gasteiger partial charge in [-0.1, -0.05) is 25.5 Å². The standard InChI is InChI=1S/C24H30O3/c1-22-12-4-3-5-17(22)7-8-20-19(22)10-13-23(2)18(11-14-24(20,23)26)16-6-9-21(25)27-15-16/h5-6,9,15,18-20,26H,4,7-8,10-14H2,1-2H3/t18-,19+,20-,22+,23-,24+/m1/s1. The molecule has 0 amide bonds. The molecule has 0 bridgehead atoms. The third-order valence-electron chi connectivity index (χ3n) is 9.11. The quantitative estimate of drug-likeness (QED) is 0.770. The van der Waals surface area contributed by atoms with Crippen molar-refractivity contribution < 1.29 is 9.52 Å². The van der Waals surface area contributed by atoms with Crippen LogP contribution in [0.5, 0.6) is 0 Å². The third-order valence-corrected chi connectivity index (χ3v) is 9.11. The van der Waals surface area contributed by atoms with Crippen LogP contribution in [0.2, 0.25) is 0 Å². The maximum Gasteiger partial charge on any atom is 0.335 e. The summed E-state index contributed by atoms with van der Waals surface area (Å²) in [5, 5.41) is 12.1. The van der Waals surface area contributed by atoms with Gasteiger partial charge in [0, 0.05) is 17.9 Å². The summed E-state index contributed by atoms with van der Waals surface area (Å²) in [5.74, 6) is 1.22. The Bertz CT molecular complexity index is 818. The summed E-state index contributed by atoms with van der Waals surface area (Å²) in [4.78, 5) is 11.4. The molecule has 1 aromatic heterocycles. The van der Waals surface area contributed by atoms with Crippen molar-refractivity contribution in [3.05, 3.63) is 52.4 Å². The number of hydrogen-bond donors (Lipinski definition) is 1. The Morgan fingerprint density at radius 3 is 2.74 bits per heavy atom. The van der Waals surface area contributed by atoms with Crippen molar-refractivity contribution in [2.75, 3.05) is 0 Å². The molecule has 27 heavy (non-hydrogen) atoms. The smallest absolute Gasteiger partial charge is 0.335 e. The number of rotatable bonds is 1. The van der Waals surface area contributed by atoms with E-state index in [1.807, 2.05) is 6.07 Å². The number of aliphatic hydroxyl groups is 1. The molecule has 1 N–H and O–H groups in total. The maximum absolute atomic E-state index is 12.1. The van der Waals surface area contributed by atoms with Crippen LogP contribution in [0.3, 0.4) is 0 Å². The number of allylic oxidation sites excluding steroid dienone is 2. The molecule has 0 spiro atoms. The lowest BCUT2D eigenvalue weighted by Gasteiger charge is -2.61. The summed E-state index contributed by atoms with van der Waals surface area (Å²) in [5.41, 5.74) is 1.83. The van der Waals surface area contributed by atoms with Gasteiger partial charge >= 0.3 is 5.63 Å². The van der Waals surface area contributed by atoms with Gasteiger partial charge < -0.3 is 9.52 Å². The molecule has 144 valence electrons. The van der Waals surface area contributed by atoms with Crippen LogP contribution in [0.4, 0.5) is 0 Å². The lowest BCUT2D eigenvalue weighted by atomic mass is 9.45. The van der Waals surface area contributed by atoms with Crippen LogP contribution in [0, 0.1) is 29.1 Å². The first-order valence-electron chi connectivity index (χ1n) is 10.6. The highest BCUT2D eigenvalue weighted by Gasteiger charge is 2.66. The minimum Gasteiger partial charge on any atom is -0.431 e. The maximum atomic E-state index is 12.1. The van der Waals surface area contributed by atoms with E-state index in [9.17, 15) is 9.90 Å². The van der Waals surface area contributed by atoms with Gasteiger partial charge in [-0.05, 0) is 86.2 Å². The van der Waals surface area contributed by atoms with Crippen molar-refractivity contribution in [2.24, 2.45) is 22.7 Å². The van der Waals surface area contributed by atoms with Gasteiger partial charge in [-0.3, -0.25) is 0 Å². The van der Waals surface area contributed by atoms with Gasteiger partial charge in [-0.25, -0.2) is 4.79 Å². The molecule has 3 heteroatoms. The number of hydrogen-bond acceptors (Lipinski definition) is 3. The molecule has 3 saturated carbocycles. The molecule has 3 nitrogen and oxygen atoms in total. The van der Waals surface area contributed by atoms with E-state index in [1.54, 1.807) is 11.8 Å². The zero-order chi connectivity index (χ0) is 18.9. The van der Waals surface area contributed by atoms with E-state index < -0.39 is 5.60 Å². The lowest BCUT2D eigenvalue weighted by molar-refractivity contribution is -0.177. The van der Waals surface area contributed by atoms with Crippen molar-refractivity contribution in [1.82, 2.24) is 0 Å². The van der Waals surface area contributed by atoms with Crippen LogP contribution in [-0.2, 0) is 0 Å². The van der Waals surface area contributed by atoms with Crippen molar-refractivity contribution in [3.63, 3.8) is 0 Å². The monoisotopic (exact) mass is 366 g/mol. The molecule has 1 aromatic rings. The van der Waals surface area contributed by atoms with Crippen LogP contribution in [0.1, 0.15) is 76.7 Å². The Labute approximate surface area is 161 Å². The van der Waals surface area contributed by atoms with Crippen LogP contribution >= 0.6 is 0 Å². The van der Waals surface area contributed by atoms with E-state index in [0.717, 1.165) is 44.1 Å². The van der Waals surface area contributed by atoms with E-state index in [-0.39, 0.29) is 22.4 Å². The van der Waals surface area contributed by atoms with Crippen molar-refractivity contribution in [3.8, 4) is 0 Å². The minimum atomic E-state index is -0.615. The normalized spacial score (nSPS) is 46.2. The Morgan fingerprint density at radius 1 is 1.11 bits per heavy atom. The number of fused-ring (bicyclic) bond motifs is 5. The zero-order valence-electron chi connectivity index (χ0n) is 16.5. The Kier molecular flexibility index (Phi) is 3.82. The highest BCUT2D eigenvalue weighted by Crippen LogP contribution is 2.69. The van der Waals surface area contributed by atoms with E-state index in [1.165, 1.54) is 18.9 Å². The average molecular weight is 367 g/mol. The average Bonchev–Trinajstić information content (AvgIpc) is 2.94. The Hall–Kier alpha value is -1.35. The summed E-state index contributed by atoms with van der Waals surface area (Å²) < 4.78 is 5.17. The molecule has 1 heterocycles. The first kappa shape index (κ1) is 17.7. The second-order valence-electron chi connectivity index (χ2n) is 9.90. The predicted octanol–water partition coefficient (Wildman–Crippen LogP) is 4.88. The highest BCUT2D eigenvalue weighted by atomic mass is 16.4. The molecule has 0 unspecified atom stereocenters. The molecule has 3 fully saturated rings. The predicted molar refractivity (Wildman–Crippen MR) is 104 cm³/mol. The molecule has 2 radical (unpaired) electrons. The molecule has 0 aliphatic heterocycles. The van der Waals surface area contributed by atoms with Crippen LogP contribution < -0.4 is 5.63 Å². The third kappa shape index (κ3) is 2.27. The van der Waals surface area contributed by atoms with Crippen LogP contribution in [0.25, 0.3) is 0 Å². The van der Waals surface area contributed by atoms with Gasteiger partial charge in [0.25, 0.3) is 0 Å². The summed E-state index contributed by atoms with van der Waals surface area (Å²) in [6.07, 6.45) is 15.8. The second kappa shape index (κ2) is 5.83. The fraction of sp³-hybridized carbons (Fsp3) is 0.667. The van der Waals surface area contributed by atoms with Crippen molar-refractivity contribution in [1.29, 1.82) is 0 Å². The molecular formula is C24H30O3. The van der Waals surface area contributed by atoms with Gasteiger partial charge in [0.05, 0.1) is 11.9 Å². The van der Waals surface area contributed by atoms with Gasteiger partial charge in [0.2, 0.25) is 0 Å². The minimum absolute atomic E-state index is 0.140. The van der Waals surface area contributed by atoms with Gasteiger partial charge in [-0.2, -0.15) is 0 Å². The van der Waals surface area contributed by atoms with E-state index >= 15 is 0 Å². The van der Waals surface area contributed by atoms with Crippen molar-refractivity contribution >= 4 is 0 Å². The van der Waals surface area contributed by atoms with E-state index in [0.29, 0.717) is 11.8 Å². The van der Waals surface area contributed by atoms with Crippen LogP contribution in [-0.4, -0.2) is 10.7 Å². The lowest BCUT2D eigenvalue weighted by Crippen LogP contribution is -2.60. The molecule has 6 atom stereocenters. The summed E-state index contributed by atoms with van der Waals surface area (Å²) in [6.45, 7) is 4.74. The molecule has 0 saturated heterocycles. The van der Waals surface area contributed by atoms with Gasteiger partial charge in [0.15, 0.2) is 0 Å². The van der Waals surface area contributed by atoms with Gasteiger partial charge in [-0.15, -0.1) is 0 Å². The first-order chi connectivity index (χ1) is 12.9. The Balaban J connectivity index is 1.52. The molecule has 4 aliphatic carbocycles. The zero-order valence-corrected chi connectivity index (χ0v) is 16.5. The SMILES string of the molecule is C[C@]12CC[C]C=C1CC[C@@H]1[C@@H]2CC[C@]2(C)[C@@H](c3ccc(=O)oc3)CC[C@]12O. The second-order valence-corrected chi connectivity index (χ2v) is 9.90. The summed E-state index contributed by atoms with van der Waals surface area (Å²) in [6, 6.07) is 3.44. The molecular weight excluding hydrogens is 336 g/mol. The van der Waals surface area contributed by atoms with Crippen LogP contribution in [0.15, 0.2) is 39.3 Å². The topological polar surface area (TPSA) is 50.4 Å². The fourth-order valence-corrected chi connectivity index (χ4v) is 7.51. The van der Waals surface area contributed by atoms with E-state index in [2.05, 4.69) is 26.3 Å². The van der Waals surface area contributed by atoms with E-state index in [4.69, 9.17) is 4.42 Å². The molecule has 5 rings (SSSR count). The fourth-order valence-electron chi connectivity index (χ4n) is 7.51. The molecule has 4 aliphatic rings. The largest absolute Gasteiger partial charge is 0.431 e. The molecule has 0 aromatic carbocycles. The Morgan fingerprint density at radius 2 is 1.96 bits per heavy atom. The van der Waals surface area contributed by atoms with Gasteiger partial charge in [0.1, 0.15) is 0 Å².